The number of hydrogen-bond donors (Lipinski definition) is 1. The number of carboxylic acids is 1. The third-order valence-corrected chi connectivity index (χ3v) is 4.10. The maximum absolute atomic E-state index is 10.5. The fourth-order valence-electron chi connectivity index (χ4n) is 2.80. The maximum atomic E-state index is 10.5. The molecular formula is C17H23NO2. The molecule has 0 radical (unpaired) electrons. The molecular weight excluding hydrogens is 250 g/mol. The van der Waals surface area contributed by atoms with Crippen LogP contribution >= 0.6 is 0 Å². The lowest BCUT2D eigenvalue weighted by Gasteiger charge is -2.23. The number of carboxylic acid groups (broad SMARTS) is 1. The summed E-state index contributed by atoms with van der Waals surface area (Å²) in [5.74, 6) is -0.0371. The molecule has 1 fully saturated rings. The number of aliphatic carboxylic acids is 1. The van der Waals surface area contributed by atoms with E-state index in [1.165, 1.54) is 37.4 Å². The van der Waals surface area contributed by atoms with Crippen LogP contribution in [0.25, 0.3) is 6.08 Å². The molecule has 0 aromatic heterocycles. The van der Waals surface area contributed by atoms with Crippen molar-refractivity contribution in [3.8, 4) is 0 Å². The number of hydrogen-bond acceptors (Lipinski definition) is 2. The number of rotatable bonds is 4. The molecule has 1 heterocycles. The van der Waals surface area contributed by atoms with Gasteiger partial charge in [-0.1, -0.05) is 25.5 Å². The summed E-state index contributed by atoms with van der Waals surface area (Å²) in [6.45, 7) is 4.54. The van der Waals surface area contributed by atoms with E-state index in [0.29, 0.717) is 0 Å². The van der Waals surface area contributed by atoms with Crippen LogP contribution in [-0.4, -0.2) is 24.2 Å². The summed E-state index contributed by atoms with van der Waals surface area (Å²) in [5, 5.41) is 8.62. The topological polar surface area (TPSA) is 40.5 Å². The number of benzene rings is 1. The Labute approximate surface area is 120 Å². The van der Waals surface area contributed by atoms with Gasteiger partial charge in [-0.3, -0.25) is 0 Å². The molecule has 0 bridgehead atoms. The first kappa shape index (κ1) is 14.6. The second-order valence-electron chi connectivity index (χ2n) is 5.46. The van der Waals surface area contributed by atoms with Crippen molar-refractivity contribution in [2.24, 2.45) is 5.92 Å². The number of carbonyl (C=O) groups is 1. The molecule has 1 atom stereocenters. The fourth-order valence-corrected chi connectivity index (χ4v) is 2.80. The van der Waals surface area contributed by atoms with Crippen LogP contribution in [0.3, 0.4) is 0 Å². The van der Waals surface area contributed by atoms with Crippen molar-refractivity contribution < 1.29 is 9.90 Å². The van der Waals surface area contributed by atoms with Gasteiger partial charge in [0, 0.05) is 24.9 Å². The molecule has 20 heavy (non-hydrogen) atoms. The van der Waals surface area contributed by atoms with Gasteiger partial charge in [0.2, 0.25) is 0 Å². The first-order valence-corrected chi connectivity index (χ1v) is 7.45. The van der Waals surface area contributed by atoms with E-state index in [1.54, 1.807) is 6.08 Å². The summed E-state index contributed by atoms with van der Waals surface area (Å²) in [7, 11) is 0. The van der Waals surface area contributed by atoms with Crippen molar-refractivity contribution in [3.63, 3.8) is 0 Å². The minimum atomic E-state index is -0.910. The van der Waals surface area contributed by atoms with Gasteiger partial charge in [0.25, 0.3) is 0 Å². The molecule has 3 nitrogen and oxygen atoms in total. The highest BCUT2D eigenvalue weighted by Gasteiger charge is 2.15. The first-order chi connectivity index (χ1) is 9.69. The van der Waals surface area contributed by atoms with Crippen LogP contribution in [0.5, 0.6) is 0 Å². The molecule has 1 unspecified atom stereocenters. The van der Waals surface area contributed by atoms with E-state index in [2.05, 4.69) is 24.0 Å². The Bertz CT molecular complexity index is 464. The van der Waals surface area contributed by atoms with Crippen molar-refractivity contribution in [3.05, 3.63) is 35.9 Å². The molecule has 2 rings (SSSR count). The average molecular weight is 273 g/mol. The predicted molar refractivity (Wildman–Crippen MR) is 83.0 cm³/mol. The minimum Gasteiger partial charge on any atom is -0.478 e. The number of nitrogens with zero attached hydrogens (tertiary/aromatic N) is 1. The highest BCUT2D eigenvalue weighted by atomic mass is 16.4. The molecule has 1 aliphatic heterocycles. The zero-order valence-corrected chi connectivity index (χ0v) is 12.1. The second-order valence-corrected chi connectivity index (χ2v) is 5.46. The summed E-state index contributed by atoms with van der Waals surface area (Å²) in [6.07, 6.45) is 7.96. The minimum absolute atomic E-state index is 0.873. The standard InChI is InChI=1S/C17H23NO2/c1-2-14-4-3-12-18(13-11-14)16-8-5-15(6-9-16)7-10-17(19)20/h5-10,14H,2-4,11-13H2,1H3,(H,19,20). The monoisotopic (exact) mass is 273 g/mol. The highest BCUT2D eigenvalue weighted by molar-refractivity contribution is 5.85. The van der Waals surface area contributed by atoms with Crippen LogP contribution in [0.2, 0.25) is 0 Å². The SMILES string of the molecule is CCC1CCCN(c2ccc(C=CC(=O)O)cc2)CC1. The van der Waals surface area contributed by atoms with Crippen LogP contribution in [0.4, 0.5) is 5.69 Å². The predicted octanol–water partition coefficient (Wildman–Crippen LogP) is 3.80. The molecule has 1 aliphatic rings. The van der Waals surface area contributed by atoms with E-state index < -0.39 is 5.97 Å². The normalized spacial score (nSPS) is 20.1. The Hall–Kier alpha value is -1.77. The van der Waals surface area contributed by atoms with Crippen molar-refractivity contribution >= 4 is 17.7 Å². The third-order valence-electron chi connectivity index (χ3n) is 4.10. The highest BCUT2D eigenvalue weighted by Crippen LogP contribution is 2.24. The fraction of sp³-hybridized carbons (Fsp3) is 0.471. The zero-order valence-electron chi connectivity index (χ0n) is 12.1. The molecule has 108 valence electrons. The quantitative estimate of drug-likeness (QED) is 0.848. The van der Waals surface area contributed by atoms with Gasteiger partial charge in [0.05, 0.1) is 0 Å². The summed E-state index contributed by atoms with van der Waals surface area (Å²) in [5.41, 5.74) is 2.17. The van der Waals surface area contributed by atoms with E-state index in [1.807, 2.05) is 12.1 Å². The van der Waals surface area contributed by atoms with Crippen molar-refractivity contribution in [1.82, 2.24) is 0 Å². The van der Waals surface area contributed by atoms with Gasteiger partial charge in [0.1, 0.15) is 0 Å². The van der Waals surface area contributed by atoms with Gasteiger partial charge in [0.15, 0.2) is 0 Å². The second kappa shape index (κ2) is 7.13. The Morgan fingerprint density at radius 1 is 1.30 bits per heavy atom. The molecule has 3 heteroatoms. The lowest BCUT2D eigenvalue weighted by Crippen LogP contribution is -2.24. The largest absolute Gasteiger partial charge is 0.478 e. The van der Waals surface area contributed by atoms with Gasteiger partial charge in [-0.2, -0.15) is 0 Å². The van der Waals surface area contributed by atoms with Crippen molar-refractivity contribution in [2.45, 2.75) is 32.6 Å². The third kappa shape index (κ3) is 4.12. The van der Waals surface area contributed by atoms with Crippen LogP contribution in [-0.2, 0) is 4.79 Å². The first-order valence-electron chi connectivity index (χ1n) is 7.45. The van der Waals surface area contributed by atoms with Crippen molar-refractivity contribution in [1.29, 1.82) is 0 Å². The van der Waals surface area contributed by atoms with Gasteiger partial charge in [-0.05, 0) is 49.0 Å². The molecule has 1 N–H and O–H groups in total. The van der Waals surface area contributed by atoms with Gasteiger partial charge in [-0.15, -0.1) is 0 Å². The molecule has 1 saturated heterocycles. The molecule has 0 aliphatic carbocycles. The molecule has 0 spiro atoms. The molecule has 0 saturated carbocycles. The molecule has 0 amide bonds. The lowest BCUT2D eigenvalue weighted by atomic mass is 9.98. The Balaban J connectivity index is 2.00. The summed E-state index contributed by atoms with van der Waals surface area (Å²) in [4.78, 5) is 12.9. The summed E-state index contributed by atoms with van der Waals surface area (Å²) < 4.78 is 0. The van der Waals surface area contributed by atoms with E-state index >= 15 is 0 Å². The summed E-state index contributed by atoms with van der Waals surface area (Å²) in [6, 6.07) is 8.15. The lowest BCUT2D eigenvalue weighted by molar-refractivity contribution is -0.131. The van der Waals surface area contributed by atoms with Crippen LogP contribution in [0.1, 0.15) is 38.2 Å². The van der Waals surface area contributed by atoms with Crippen LogP contribution in [0.15, 0.2) is 30.3 Å². The van der Waals surface area contributed by atoms with E-state index in [0.717, 1.165) is 24.6 Å². The van der Waals surface area contributed by atoms with E-state index in [9.17, 15) is 4.79 Å². The average Bonchev–Trinajstić information content (AvgIpc) is 2.71. The van der Waals surface area contributed by atoms with Gasteiger partial charge in [-0.25, -0.2) is 4.79 Å². The van der Waals surface area contributed by atoms with Crippen LogP contribution in [0, 0.1) is 5.92 Å². The van der Waals surface area contributed by atoms with E-state index in [-0.39, 0.29) is 0 Å². The molecule has 1 aromatic rings. The van der Waals surface area contributed by atoms with E-state index in [4.69, 9.17) is 5.11 Å². The smallest absolute Gasteiger partial charge is 0.328 e. The van der Waals surface area contributed by atoms with Crippen LogP contribution < -0.4 is 4.90 Å². The number of anilines is 1. The zero-order chi connectivity index (χ0) is 14.4. The molecule has 1 aromatic carbocycles. The Morgan fingerprint density at radius 3 is 2.70 bits per heavy atom. The summed E-state index contributed by atoms with van der Waals surface area (Å²) >= 11 is 0. The van der Waals surface area contributed by atoms with Gasteiger partial charge < -0.3 is 10.0 Å². The van der Waals surface area contributed by atoms with Gasteiger partial charge >= 0.3 is 5.97 Å². The maximum Gasteiger partial charge on any atom is 0.328 e. The Morgan fingerprint density at radius 2 is 2.05 bits per heavy atom. The van der Waals surface area contributed by atoms with Crippen molar-refractivity contribution in [2.75, 3.05) is 18.0 Å². The Kier molecular flexibility index (Phi) is 5.22.